The van der Waals surface area contributed by atoms with Gasteiger partial charge in [0.2, 0.25) is 0 Å². The van der Waals surface area contributed by atoms with Crippen molar-refractivity contribution in [1.29, 1.82) is 5.26 Å². The van der Waals surface area contributed by atoms with E-state index in [2.05, 4.69) is 15.4 Å². The van der Waals surface area contributed by atoms with Crippen LogP contribution in [-0.2, 0) is 9.53 Å². The molecule has 7 heteroatoms. The minimum atomic E-state index is -0.419. The van der Waals surface area contributed by atoms with Crippen LogP contribution in [0.3, 0.4) is 0 Å². The monoisotopic (exact) mass is 399 g/mol. The number of para-hydroxylation sites is 1. The third-order valence-corrected chi connectivity index (χ3v) is 4.88. The molecule has 1 N–H and O–H groups in total. The number of ether oxygens (including phenoxy) is 1. The highest BCUT2D eigenvalue weighted by Gasteiger charge is 2.19. The van der Waals surface area contributed by atoms with E-state index in [1.54, 1.807) is 23.2 Å². The fraction of sp³-hybridized carbons (Fsp3) is 0.217. The Balaban J connectivity index is 1.66. The van der Waals surface area contributed by atoms with Crippen LogP contribution in [0.2, 0.25) is 0 Å². The zero-order valence-electron chi connectivity index (χ0n) is 16.4. The summed E-state index contributed by atoms with van der Waals surface area (Å²) in [5, 5.41) is 17.1. The van der Waals surface area contributed by atoms with E-state index in [-0.39, 0.29) is 11.7 Å². The predicted molar refractivity (Wildman–Crippen MR) is 112 cm³/mol. The second-order valence-corrected chi connectivity index (χ2v) is 6.97. The van der Waals surface area contributed by atoms with Gasteiger partial charge in [0.05, 0.1) is 11.8 Å². The van der Waals surface area contributed by atoms with Crippen LogP contribution in [0.15, 0.2) is 66.6 Å². The number of nitrogens with one attached hydrogen (secondary N) is 1. The topological polar surface area (TPSA) is 92.8 Å². The number of nitrogens with zero attached hydrogens (tertiary/aromatic N) is 4. The third kappa shape index (κ3) is 4.45. The summed E-state index contributed by atoms with van der Waals surface area (Å²) >= 11 is 0. The molecule has 1 saturated heterocycles. The van der Waals surface area contributed by atoms with Gasteiger partial charge >= 0.3 is 0 Å². The maximum atomic E-state index is 12.6. The van der Waals surface area contributed by atoms with Crippen LogP contribution in [0.4, 0.5) is 0 Å². The van der Waals surface area contributed by atoms with E-state index in [0.29, 0.717) is 24.4 Å². The van der Waals surface area contributed by atoms with Crippen LogP contribution in [0.25, 0.3) is 23.0 Å². The fourth-order valence-electron chi connectivity index (χ4n) is 3.34. The van der Waals surface area contributed by atoms with Gasteiger partial charge in [0.15, 0.2) is 0 Å². The molecule has 0 aliphatic carbocycles. The minimum Gasteiger partial charge on any atom is -0.376 e. The molecule has 7 nitrogen and oxygen atoms in total. The van der Waals surface area contributed by atoms with Gasteiger partial charge in [0.1, 0.15) is 17.3 Å². The SMILES string of the molecule is N#C/C(=C\c1cn(-c2ccccc2)nc1-c1cccnc1)C(=O)NC[C@H]1CCCO1. The molecular weight excluding hydrogens is 378 g/mol. The number of rotatable bonds is 6. The molecule has 150 valence electrons. The van der Waals surface area contributed by atoms with E-state index in [9.17, 15) is 10.1 Å². The largest absolute Gasteiger partial charge is 0.376 e. The maximum Gasteiger partial charge on any atom is 0.262 e. The van der Waals surface area contributed by atoms with Gasteiger partial charge in [-0.15, -0.1) is 0 Å². The second-order valence-electron chi connectivity index (χ2n) is 6.97. The highest BCUT2D eigenvalue weighted by Crippen LogP contribution is 2.25. The molecule has 1 aromatic carbocycles. The first-order valence-electron chi connectivity index (χ1n) is 9.81. The van der Waals surface area contributed by atoms with Gasteiger partial charge < -0.3 is 10.1 Å². The van der Waals surface area contributed by atoms with Gasteiger partial charge in [0.25, 0.3) is 5.91 Å². The van der Waals surface area contributed by atoms with Crippen LogP contribution in [0, 0.1) is 11.3 Å². The maximum absolute atomic E-state index is 12.6. The van der Waals surface area contributed by atoms with Crippen molar-refractivity contribution in [2.75, 3.05) is 13.2 Å². The van der Waals surface area contributed by atoms with Gasteiger partial charge in [-0.3, -0.25) is 9.78 Å². The molecule has 4 rings (SSSR count). The van der Waals surface area contributed by atoms with E-state index >= 15 is 0 Å². The first kappa shape index (κ1) is 19.6. The molecule has 1 aliphatic rings. The van der Waals surface area contributed by atoms with E-state index in [1.165, 1.54) is 0 Å². The van der Waals surface area contributed by atoms with Gasteiger partial charge in [-0.2, -0.15) is 10.4 Å². The van der Waals surface area contributed by atoms with Crippen molar-refractivity contribution in [2.45, 2.75) is 18.9 Å². The van der Waals surface area contributed by atoms with Crippen LogP contribution < -0.4 is 5.32 Å². The van der Waals surface area contributed by atoms with E-state index in [1.807, 2.05) is 54.7 Å². The van der Waals surface area contributed by atoms with Crippen LogP contribution in [0.5, 0.6) is 0 Å². The molecule has 1 aliphatic heterocycles. The smallest absolute Gasteiger partial charge is 0.262 e. The first-order valence-corrected chi connectivity index (χ1v) is 9.81. The number of pyridine rings is 1. The highest BCUT2D eigenvalue weighted by molar-refractivity contribution is 6.02. The Labute approximate surface area is 174 Å². The molecule has 1 amide bonds. The number of carbonyl (C=O) groups excluding carboxylic acids is 1. The first-order chi connectivity index (χ1) is 14.7. The van der Waals surface area contributed by atoms with Gasteiger partial charge in [0, 0.05) is 42.9 Å². The van der Waals surface area contributed by atoms with Crippen molar-refractivity contribution >= 4 is 12.0 Å². The lowest BCUT2D eigenvalue weighted by atomic mass is 10.1. The summed E-state index contributed by atoms with van der Waals surface area (Å²) in [5.41, 5.74) is 3.01. The van der Waals surface area contributed by atoms with Crippen LogP contribution >= 0.6 is 0 Å². The Morgan fingerprint density at radius 3 is 2.87 bits per heavy atom. The summed E-state index contributed by atoms with van der Waals surface area (Å²) in [5.74, 6) is -0.419. The summed E-state index contributed by atoms with van der Waals surface area (Å²) in [4.78, 5) is 16.7. The third-order valence-electron chi connectivity index (χ3n) is 4.88. The standard InChI is InChI=1S/C23H21N5O2/c24-13-18(23(29)26-15-21-9-5-11-30-21)12-19-16-28(20-7-2-1-3-8-20)27-22(19)17-6-4-10-25-14-17/h1-4,6-8,10,12,14,16,21H,5,9,11,15H2,(H,26,29)/b18-12+/t21-/m1/s1. The zero-order valence-corrected chi connectivity index (χ0v) is 16.4. The van der Waals surface area contributed by atoms with Crippen molar-refractivity contribution in [3.8, 4) is 23.0 Å². The highest BCUT2D eigenvalue weighted by atomic mass is 16.5. The van der Waals surface area contributed by atoms with Crippen molar-refractivity contribution in [1.82, 2.24) is 20.1 Å². The molecular formula is C23H21N5O2. The van der Waals surface area contributed by atoms with E-state index in [4.69, 9.17) is 4.74 Å². The average molecular weight is 399 g/mol. The summed E-state index contributed by atoms with van der Waals surface area (Å²) in [6.07, 6.45) is 8.70. The number of amides is 1. The normalized spacial score (nSPS) is 16.2. The lowest BCUT2D eigenvalue weighted by molar-refractivity contribution is -0.117. The number of nitriles is 1. The zero-order chi connectivity index (χ0) is 20.8. The molecule has 3 heterocycles. The Kier molecular flexibility index (Phi) is 5.97. The van der Waals surface area contributed by atoms with E-state index < -0.39 is 5.91 Å². The second kappa shape index (κ2) is 9.16. The van der Waals surface area contributed by atoms with Gasteiger partial charge in [-0.1, -0.05) is 18.2 Å². The quantitative estimate of drug-likeness (QED) is 0.508. The van der Waals surface area contributed by atoms with Gasteiger partial charge in [-0.25, -0.2) is 4.68 Å². The lowest BCUT2D eigenvalue weighted by Crippen LogP contribution is -2.32. The molecule has 0 saturated carbocycles. The van der Waals surface area contributed by atoms with Crippen molar-refractivity contribution in [3.63, 3.8) is 0 Å². The average Bonchev–Trinajstić information content (AvgIpc) is 3.47. The van der Waals surface area contributed by atoms with Crippen LogP contribution in [0.1, 0.15) is 18.4 Å². The molecule has 1 fully saturated rings. The molecule has 0 bridgehead atoms. The van der Waals surface area contributed by atoms with Crippen LogP contribution in [-0.4, -0.2) is 39.9 Å². The number of hydrogen-bond acceptors (Lipinski definition) is 5. The summed E-state index contributed by atoms with van der Waals surface area (Å²) in [6.45, 7) is 1.12. The Morgan fingerprint density at radius 2 is 2.17 bits per heavy atom. The molecule has 30 heavy (non-hydrogen) atoms. The Hall–Kier alpha value is -3.76. The molecule has 2 aromatic heterocycles. The number of aromatic nitrogens is 3. The summed E-state index contributed by atoms with van der Waals surface area (Å²) in [6, 6.07) is 15.4. The minimum absolute atomic E-state index is 0.0145. The Morgan fingerprint density at radius 1 is 1.30 bits per heavy atom. The summed E-state index contributed by atoms with van der Waals surface area (Å²) < 4.78 is 7.26. The molecule has 0 radical (unpaired) electrons. The number of carbonyl (C=O) groups is 1. The lowest BCUT2D eigenvalue weighted by Gasteiger charge is -2.10. The fourth-order valence-corrected chi connectivity index (χ4v) is 3.34. The molecule has 0 spiro atoms. The molecule has 3 aromatic rings. The van der Waals surface area contributed by atoms with Crippen molar-refractivity contribution in [3.05, 3.63) is 72.2 Å². The molecule has 1 atom stereocenters. The Bertz CT molecular complexity index is 1080. The van der Waals surface area contributed by atoms with Crippen molar-refractivity contribution in [2.24, 2.45) is 0 Å². The predicted octanol–water partition coefficient (Wildman–Crippen LogP) is 3.14. The number of benzene rings is 1. The summed E-state index contributed by atoms with van der Waals surface area (Å²) in [7, 11) is 0. The number of hydrogen-bond donors (Lipinski definition) is 1. The van der Waals surface area contributed by atoms with Crippen molar-refractivity contribution < 1.29 is 9.53 Å². The molecule has 0 unspecified atom stereocenters. The van der Waals surface area contributed by atoms with E-state index in [0.717, 1.165) is 24.1 Å². The van der Waals surface area contributed by atoms with Gasteiger partial charge in [-0.05, 0) is 43.2 Å².